The molecule has 0 heterocycles. The third-order valence-electron chi connectivity index (χ3n) is 0.927. The Labute approximate surface area is 63.4 Å². The van der Waals surface area contributed by atoms with Crippen molar-refractivity contribution in [1.29, 1.82) is 0 Å². The molecule has 0 saturated carbocycles. The molecule has 1 rings (SSSR count). The van der Waals surface area contributed by atoms with Gasteiger partial charge in [0.05, 0.1) is 0 Å². The molecule has 0 fully saturated rings. The molecule has 4 heteroatoms. The summed E-state index contributed by atoms with van der Waals surface area (Å²) in [6, 6.07) is 8.57. The Bertz CT molecular complexity index is 222. The molecule has 0 aliphatic rings. The Kier molecular flexibility index (Phi) is 2.60. The molecule has 10 heavy (non-hydrogen) atoms. The second-order valence-electron chi connectivity index (χ2n) is 1.64. The first kappa shape index (κ1) is 7.45. The number of para-hydroxylation sites is 1. The van der Waals surface area contributed by atoms with Gasteiger partial charge in [-0.15, -0.1) is 0 Å². The van der Waals surface area contributed by atoms with Gasteiger partial charge in [-0.3, -0.25) is 0 Å². The van der Waals surface area contributed by atoms with E-state index in [0.717, 1.165) is 0 Å². The summed E-state index contributed by atoms with van der Waals surface area (Å²) in [4.78, 5) is 0. The SMILES string of the molecule is O=[As](O)Oc1ccccc1. The maximum atomic E-state index is 10.2. The molecule has 1 unspecified atom stereocenters. The van der Waals surface area contributed by atoms with Gasteiger partial charge in [0, 0.05) is 0 Å². The summed E-state index contributed by atoms with van der Waals surface area (Å²) in [5.41, 5.74) is 0. The molecule has 1 aromatic rings. The molecular formula is C6H6AsO3. The quantitative estimate of drug-likeness (QED) is 0.707. The van der Waals surface area contributed by atoms with Gasteiger partial charge in [-0.25, -0.2) is 0 Å². The van der Waals surface area contributed by atoms with Gasteiger partial charge < -0.3 is 0 Å². The molecule has 1 atom stereocenters. The van der Waals surface area contributed by atoms with Crippen LogP contribution in [0.2, 0.25) is 0 Å². The summed E-state index contributed by atoms with van der Waals surface area (Å²) in [6.07, 6.45) is 0. The standard InChI is InChI=1S/C6H6AsO3/c8-7(9)10-6-4-2-1-3-5-6/h1-5H,(H,8,9). The van der Waals surface area contributed by atoms with Gasteiger partial charge in [-0.2, -0.15) is 0 Å². The van der Waals surface area contributed by atoms with Crippen LogP contribution >= 0.6 is 0 Å². The summed E-state index contributed by atoms with van der Waals surface area (Å²) in [5, 5.41) is 0. The fourth-order valence-corrected chi connectivity index (χ4v) is 1.21. The van der Waals surface area contributed by atoms with Gasteiger partial charge >= 0.3 is 62.9 Å². The van der Waals surface area contributed by atoms with E-state index in [1.807, 2.05) is 6.07 Å². The van der Waals surface area contributed by atoms with Crippen LogP contribution in [0.1, 0.15) is 0 Å². The molecule has 3 nitrogen and oxygen atoms in total. The van der Waals surface area contributed by atoms with Gasteiger partial charge in [-0.1, -0.05) is 0 Å². The van der Waals surface area contributed by atoms with Gasteiger partial charge in [-0.05, 0) is 0 Å². The van der Waals surface area contributed by atoms with Gasteiger partial charge in [0.25, 0.3) is 0 Å². The van der Waals surface area contributed by atoms with Crippen molar-refractivity contribution < 1.29 is 11.6 Å². The molecule has 0 aliphatic heterocycles. The molecule has 0 spiro atoms. The molecule has 1 N–H and O–H groups in total. The molecule has 1 aromatic carbocycles. The Balaban J connectivity index is 2.67. The molecule has 53 valence electrons. The molecule has 0 amide bonds. The summed E-state index contributed by atoms with van der Waals surface area (Å²) in [5.74, 6) is 0.444. The maximum absolute atomic E-state index is 10.2. The number of hydrogen-bond acceptors (Lipinski definition) is 2. The topological polar surface area (TPSA) is 46.5 Å². The number of hydrogen-bond donors (Lipinski definition) is 1. The Morgan fingerprint density at radius 1 is 1.30 bits per heavy atom. The van der Waals surface area contributed by atoms with Crippen LogP contribution < -0.4 is 3.73 Å². The third-order valence-corrected chi connectivity index (χ3v) is 1.70. The first-order chi connectivity index (χ1) is 4.79. The van der Waals surface area contributed by atoms with E-state index in [2.05, 4.69) is 3.73 Å². The number of rotatable bonds is 2. The fraction of sp³-hybridized carbons (Fsp3) is 0. The fourth-order valence-electron chi connectivity index (χ4n) is 0.572. The van der Waals surface area contributed by atoms with E-state index in [-0.39, 0.29) is 0 Å². The van der Waals surface area contributed by atoms with Crippen LogP contribution in [0.3, 0.4) is 0 Å². The Morgan fingerprint density at radius 3 is 2.40 bits per heavy atom. The van der Waals surface area contributed by atoms with E-state index in [0.29, 0.717) is 5.75 Å². The van der Waals surface area contributed by atoms with Crippen LogP contribution in [0.25, 0.3) is 0 Å². The van der Waals surface area contributed by atoms with E-state index in [9.17, 15) is 3.74 Å². The van der Waals surface area contributed by atoms with Crippen molar-refractivity contribution in [2.24, 2.45) is 0 Å². The van der Waals surface area contributed by atoms with E-state index in [4.69, 9.17) is 4.10 Å². The zero-order valence-corrected chi connectivity index (χ0v) is 6.97. The molecule has 0 saturated heterocycles. The normalized spacial score (nSPS) is 10.7. The van der Waals surface area contributed by atoms with Crippen LogP contribution in [-0.2, 0) is 3.74 Å². The van der Waals surface area contributed by atoms with E-state index in [1.165, 1.54) is 0 Å². The van der Waals surface area contributed by atoms with Crippen molar-refractivity contribution >= 4 is 15.3 Å². The zero-order chi connectivity index (χ0) is 7.40. The molecular weight excluding hydrogens is 195 g/mol. The van der Waals surface area contributed by atoms with Gasteiger partial charge in [0.15, 0.2) is 0 Å². The van der Waals surface area contributed by atoms with Crippen molar-refractivity contribution in [3.63, 3.8) is 0 Å². The van der Waals surface area contributed by atoms with E-state index < -0.39 is 15.3 Å². The third kappa shape index (κ3) is 2.29. The predicted octanol–water partition coefficient (Wildman–Crippen LogP) is 0.473. The molecule has 0 aromatic heterocycles. The second-order valence-corrected chi connectivity index (χ2v) is 3.02. The first-order valence-corrected chi connectivity index (χ1v) is 5.05. The molecule has 0 bridgehead atoms. The predicted molar refractivity (Wildman–Crippen MR) is 35.7 cm³/mol. The van der Waals surface area contributed by atoms with Crippen LogP contribution in [-0.4, -0.2) is 19.4 Å². The van der Waals surface area contributed by atoms with E-state index >= 15 is 0 Å². The first-order valence-electron chi connectivity index (χ1n) is 2.68. The second kappa shape index (κ2) is 3.49. The Morgan fingerprint density at radius 2 is 1.90 bits per heavy atom. The van der Waals surface area contributed by atoms with Crippen molar-refractivity contribution in [1.82, 2.24) is 0 Å². The van der Waals surface area contributed by atoms with E-state index in [1.54, 1.807) is 24.3 Å². The summed E-state index contributed by atoms with van der Waals surface area (Å²) in [6.45, 7) is 0. The zero-order valence-electron chi connectivity index (χ0n) is 5.10. The van der Waals surface area contributed by atoms with Crippen molar-refractivity contribution in [2.75, 3.05) is 0 Å². The monoisotopic (exact) mass is 201 g/mol. The van der Waals surface area contributed by atoms with Crippen LogP contribution in [0, 0.1) is 0 Å². The summed E-state index contributed by atoms with van der Waals surface area (Å²) in [7, 11) is 0. The summed E-state index contributed by atoms with van der Waals surface area (Å²) >= 11 is -3.21. The average molecular weight is 201 g/mol. The number of benzene rings is 1. The van der Waals surface area contributed by atoms with Crippen LogP contribution in [0.5, 0.6) is 5.75 Å². The van der Waals surface area contributed by atoms with Crippen molar-refractivity contribution in [3.8, 4) is 5.75 Å². The molecule has 0 aliphatic carbocycles. The minimum absolute atomic E-state index is 0.444. The van der Waals surface area contributed by atoms with Crippen molar-refractivity contribution in [3.05, 3.63) is 30.3 Å². The Hall–Kier alpha value is -0.662. The van der Waals surface area contributed by atoms with Gasteiger partial charge in [0.2, 0.25) is 0 Å². The van der Waals surface area contributed by atoms with Crippen LogP contribution in [0.15, 0.2) is 30.3 Å². The minimum atomic E-state index is -3.21. The summed E-state index contributed by atoms with van der Waals surface area (Å²) < 4.78 is 23.1. The van der Waals surface area contributed by atoms with Crippen LogP contribution in [0.4, 0.5) is 0 Å². The van der Waals surface area contributed by atoms with Gasteiger partial charge in [0.1, 0.15) is 0 Å². The molecule has 1 radical (unpaired) electrons. The average Bonchev–Trinajstić information content (AvgIpc) is 1.88. The van der Waals surface area contributed by atoms with Crippen molar-refractivity contribution in [2.45, 2.75) is 0 Å².